The van der Waals surface area contributed by atoms with Gasteiger partial charge in [0.2, 0.25) is 0 Å². The zero-order valence-corrected chi connectivity index (χ0v) is 6.81. The van der Waals surface area contributed by atoms with Gasteiger partial charge in [-0.05, 0) is 29.5 Å². The number of rotatable bonds is 1. The van der Waals surface area contributed by atoms with Gasteiger partial charge < -0.3 is 0 Å². The predicted molar refractivity (Wildman–Crippen MR) is 49.2 cm³/mol. The molecule has 0 fully saturated rings. The number of hydrogen-bond acceptors (Lipinski definition) is 1. The molecule has 0 aromatic heterocycles. The van der Waals surface area contributed by atoms with E-state index in [9.17, 15) is 0 Å². The van der Waals surface area contributed by atoms with Crippen molar-refractivity contribution in [2.24, 2.45) is 0 Å². The Hall–Kier alpha value is -0.690. The highest BCUT2D eigenvalue weighted by molar-refractivity contribution is 7.83. The summed E-state index contributed by atoms with van der Waals surface area (Å²) < 4.78 is 0. The first-order valence-electron chi connectivity index (χ1n) is 3.21. The van der Waals surface area contributed by atoms with Crippen molar-refractivity contribution in [3.05, 3.63) is 40.8 Å². The minimum atomic E-state index is 1.23. The van der Waals surface area contributed by atoms with Crippen LogP contribution in [-0.4, -0.2) is 0 Å². The Morgan fingerprint density at radius 3 is 2.60 bits per heavy atom. The standard InChI is InChI=1S/C9H10S/c1-8-4-2-3-5-9(8)6-7-10/h2-7,10H,1H3/b7-6+. The zero-order valence-electron chi connectivity index (χ0n) is 5.91. The van der Waals surface area contributed by atoms with E-state index in [1.807, 2.05) is 18.2 Å². The van der Waals surface area contributed by atoms with Gasteiger partial charge in [-0.2, -0.15) is 12.6 Å². The second-order valence-electron chi connectivity index (χ2n) is 2.17. The summed E-state index contributed by atoms with van der Waals surface area (Å²) in [5.74, 6) is 0. The molecular weight excluding hydrogens is 140 g/mol. The fraction of sp³-hybridized carbons (Fsp3) is 0.111. The Bertz CT molecular complexity index is 238. The number of thiol groups is 1. The van der Waals surface area contributed by atoms with Crippen LogP contribution in [0.4, 0.5) is 0 Å². The summed E-state index contributed by atoms with van der Waals surface area (Å²) in [6, 6.07) is 8.21. The molecule has 0 aliphatic rings. The van der Waals surface area contributed by atoms with Crippen LogP contribution in [-0.2, 0) is 0 Å². The molecule has 10 heavy (non-hydrogen) atoms. The van der Waals surface area contributed by atoms with Crippen molar-refractivity contribution in [3.63, 3.8) is 0 Å². The van der Waals surface area contributed by atoms with Gasteiger partial charge in [0.15, 0.2) is 0 Å². The van der Waals surface area contributed by atoms with Gasteiger partial charge in [0.05, 0.1) is 0 Å². The van der Waals surface area contributed by atoms with Gasteiger partial charge in [0, 0.05) is 0 Å². The molecule has 1 heteroatoms. The summed E-state index contributed by atoms with van der Waals surface area (Å²) >= 11 is 4.00. The monoisotopic (exact) mass is 150 g/mol. The van der Waals surface area contributed by atoms with E-state index in [0.717, 1.165) is 0 Å². The molecule has 0 amide bonds. The normalized spacial score (nSPS) is 10.6. The summed E-state index contributed by atoms with van der Waals surface area (Å²) in [5, 5.41) is 1.75. The maximum Gasteiger partial charge on any atom is -0.0222 e. The maximum atomic E-state index is 4.00. The minimum absolute atomic E-state index is 1.23. The van der Waals surface area contributed by atoms with Gasteiger partial charge in [-0.1, -0.05) is 24.3 Å². The molecule has 0 aliphatic carbocycles. The predicted octanol–water partition coefficient (Wildman–Crippen LogP) is 2.90. The third-order valence-electron chi connectivity index (χ3n) is 1.44. The van der Waals surface area contributed by atoms with Crippen LogP contribution in [0, 0.1) is 6.92 Å². The minimum Gasteiger partial charge on any atom is -0.151 e. The Kier molecular flexibility index (Phi) is 2.57. The Balaban J connectivity index is 3.03. The molecule has 1 aromatic rings. The third-order valence-corrected chi connectivity index (χ3v) is 1.59. The van der Waals surface area contributed by atoms with Crippen LogP contribution < -0.4 is 0 Å². The van der Waals surface area contributed by atoms with E-state index in [2.05, 4.69) is 31.7 Å². The highest BCUT2D eigenvalue weighted by Gasteiger charge is 1.87. The first-order chi connectivity index (χ1) is 4.84. The summed E-state index contributed by atoms with van der Waals surface area (Å²) in [4.78, 5) is 0. The highest BCUT2D eigenvalue weighted by Crippen LogP contribution is 2.08. The van der Waals surface area contributed by atoms with Crippen molar-refractivity contribution in [2.45, 2.75) is 6.92 Å². The molecule has 52 valence electrons. The van der Waals surface area contributed by atoms with Crippen molar-refractivity contribution >= 4 is 18.7 Å². The van der Waals surface area contributed by atoms with Crippen LogP contribution in [0.3, 0.4) is 0 Å². The Morgan fingerprint density at radius 1 is 1.30 bits per heavy atom. The fourth-order valence-corrected chi connectivity index (χ4v) is 1.01. The molecule has 1 aromatic carbocycles. The van der Waals surface area contributed by atoms with E-state index >= 15 is 0 Å². The van der Waals surface area contributed by atoms with Crippen LogP contribution in [0.15, 0.2) is 29.7 Å². The van der Waals surface area contributed by atoms with E-state index in [1.165, 1.54) is 11.1 Å². The number of hydrogen-bond donors (Lipinski definition) is 1. The summed E-state index contributed by atoms with van der Waals surface area (Å²) in [6.07, 6.45) is 1.98. The lowest BCUT2D eigenvalue weighted by molar-refractivity contribution is 1.45. The van der Waals surface area contributed by atoms with E-state index in [-0.39, 0.29) is 0 Å². The molecule has 0 nitrogen and oxygen atoms in total. The second-order valence-corrected chi connectivity index (χ2v) is 2.47. The number of benzene rings is 1. The van der Waals surface area contributed by atoms with Crippen molar-refractivity contribution in [1.82, 2.24) is 0 Å². The molecule has 0 bridgehead atoms. The van der Waals surface area contributed by atoms with Gasteiger partial charge in [-0.15, -0.1) is 0 Å². The smallest absolute Gasteiger partial charge is 0.0222 e. The zero-order chi connectivity index (χ0) is 7.40. The second kappa shape index (κ2) is 3.47. The SMILES string of the molecule is Cc1ccccc1/C=C/S. The molecule has 0 N–H and O–H groups in total. The van der Waals surface area contributed by atoms with Gasteiger partial charge >= 0.3 is 0 Å². The molecule has 0 unspecified atom stereocenters. The van der Waals surface area contributed by atoms with Gasteiger partial charge in [0.25, 0.3) is 0 Å². The van der Waals surface area contributed by atoms with Crippen molar-refractivity contribution < 1.29 is 0 Å². The van der Waals surface area contributed by atoms with Crippen LogP contribution >= 0.6 is 12.6 Å². The quantitative estimate of drug-likeness (QED) is 0.585. The Labute approximate surface area is 67.0 Å². The molecule has 0 aliphatic heterocycles. The topological polar surface area (TPSA) is 0 Å². The first-order valence-corrected chi connectivity index (χ1v) is 3.72. The van der Waals surface area contributed by atoms with Crippen LogP contribution in [0.2, 0.25) is 0 Å². The van der Waals surface area contributed by atoms with Gasteiger partial charge in [-0.3, -0.25) is 0 Å². The average Bonchev–Trinajstić information content (AvgIpc) is 1.94. The molecule has 1 rings (SSSR count). The van der Waals surface area contributed by atoms with Crippen molar-refractivity contribution in [1.29, 1.82) is 0 Å². The largest absolute Gasteiger partial charge is 0.151 e. The Morgan fingerprint density at radius 2 is 2.00 bits per heavy atom. The highest BCUT2D eigenvalue weighted by atomic mass is 32.1. The van der Waals surface area contributed by atoms with Crippen molar-refractivity contribution in [2.75, 3.05) is 0 Å². The first kappa shape index (κ1) is 7.42. The molecule has 0 spiro atoms. The van der Waals surface area contributed by atoms with Crippen LogP contribution in [0.5, 0.6) is 0 Å². The lowest BCUT2D eigenvalue weighted by Crippen LogP contribution is -1.76. The molecule has 0 saturated heterocycles. The lowest BCUT2D eigenvalue weighted by atomic mass is 10.1. The molecule has 0 saturated carbocycles. The molecular formula is C9H10S. The van der Waals surface area contributed by atoms with E-state index in [4.69, 9.17) is 0 Å². The molecule has 0 atom stereocenters. The summed E-state index contributed by atoms with van der Waals surface area (Å²) in [5.41, 5.74) is 2.52. The number of aryl methyl sites for hydroxylation is 1. The maximum absolute atomic E-state index is 4.00. The van der Waals surface area contributed by atoms with Crippen LogP contribution in [0.25, 0.3) is 6.08 Å². The van der Waals surface area contributed by atoms with Gasteiger partial charge in [-0.25, -0.2) is 0 Å². The van der Waals surface area contributed by atoms with E-state index in [0.29, 0.717) is 0 Å². The molecule has 0 heterocycles. The van der Waals surface area contributed by atoms with Crippen LogP contribution in [0.1, 0.15) is 11.1 Å². The summed E-state index contributed by atoms with van der Waals surface area (Å²) in [6.45, 7) is 2.09. The fourth-order valence-electron chi connectivity index (χ4n) is 0.854. The van der Waals surface area contributed by atoms with E-state index < -0.39 is 0 Å². The lowest BCUT2D eigenvalue weighted by Gasteiger charge is -1.96. The summed E-state index contributed by atoms with van der Waals surface area (Å²) in [7, 11) is 0. The van der Waals surface area contributed by atoms with E-state index in [1.54, 1.807) is 5.41 Å². The third kappa shape index (κ3) is 1.64. The average molecular weight is 150 g/mol. The van der Waals surface area contributed by atoms with Crippen molar-refractivity contribution in [3.8, 4) is 0 Å². The molecule has 0 radical (unpaired) electrons. The van der Waals surface area contributed by atoms with Gasteiger partial charge in [0.1, 0.15) is 0 Å².